The normalized spacial score (nSPS) is 21.1. The van der Waals surface area contributed by atoms with Crippen molar-refractivity contribution in [3.63, 3.8) is 0 Å². The number of amidine groups is 1. The Morgan fingerprint density at radius 2 is 1.54 bits per heavy atom. The van der Waals surface area contributed by atoms with Crippen LogP contribution in [0.3, 0.4) is 0 Å². The number of imide groups is 2. The van der Waals surface area contributed by atoms with Crippen LogP contribution in [0, 0.1) is 5.82 Å². The molecular weight excluding hydrogens is 892 g/mol. The molecule has 3 N–H and O–H groups in total. The van der Waals surface area contributed by atoms with E-state index in [1.165, 1.54) is 6.07 Å². The lowest BCUT2D eigenvalue weighted by Gasteiger charge is -2.36. The highest BCUT2D eigenvalue weighted by atomic mass is 19.1. The number of hydrogen-bond donors (Lipinski definition) is 3. The zero-order valence-corrected chi connectivity index (χ0v) is 38.4. The number of amides is 5. The number of hydrazone groups is 1. The predicted molar refractivity (Wildman–Crippen MR) is 251 cm³/mol. The highest BCUT2D eigenvalue weighted by Gasteiger charge is 2.45. The van der Waals surface area contributed by atoms with Crippen molar-refractivity contribution in [2.45, 2.75) is 50.4 Å². The third kappa shape index (κ3) is 10.9. The van der Waals surface area contributed by atoms with E-state index in [0.717, 1.165) is 52.9 Å². The van der Waals surface area contributed by atoms with Crippen molar-refractivity contribution in [1.82, 2.24) is 35.3 Å². The van der Waals surface area contributed by atoms with Gasteiger partial charge in [0.1, 0.15) is 35.4 Å². The molecule has 3 atom stereocenters. The number of anilines is 2. The van der Waals surface area contributed by atoms with Crippen LogP contribution >= 0.6 is 0 Å². The van der Waals surface area contributed by atoms with Crippen LogP contribution in [0.1, 0.15) is 70.1 Å². The Labute approximate surface area is 399 Å². The smallest absolute Gasteiger partial charge is 0.264 e. The number of pyridine rings is 1. The minimum absolute atomic E-state index is 0.0508. The van der Waals surface area contributed by atoms with Crippen molar-refractivity contribution in [3.05, 3.63) is 107 Å². The van der Waals surface area contributed by atoms with Gasteiger partial charge < -0.3 is 44.3 Å². The summed E-state index contributed by atoms with van der Waals surface area (Å²) >= 11 is 0. The lowest BCUT2D eigenvalue weighted by Crippen LogP contribution is -2.54. The van der Waals surface area contributed by atoms with Crippen LogP contribution < -0.4 is 20.9 Å². The number of ether oxygens (including phenoxy) is 4. The Kier molecular flexibility index (Phi) is 15.2. The molecule has 19 nitrogen and oxygen atoms in total. The Hall–Kier alpha value is -6.74. The lowest BCUT2D eigenvalue weighted by atomic mass is 10.0. The van der Waals surface area contributed by atoms with Crippen molar-refractivity contribution < 1.29 is 47.3 Å². The van der Waals surface area contributed by atoms with E-state index in [2.05, 4.69) is 31.8 Å². The van der Waals surface area contributed by atoms with Gasteiger partial charge in [0, 0.05) is 57.6 Å². The molecule has 2 unspecified atom stereocenters. The molecule has 0 bridgehead atoms. The molecule has 3 aromatic rings. The lowest BCUT2D eigenvalue weighted by molar-refractivity contribution is -0.136. The number of benzene rings is 2. The maximum absolute atomic E-state index is 14.1. The number of rotatable bonds is 20. The van der Waals surface area contributed by atoms with Crippen molar-refractivity contribution in [2.24, 2.45) is 5.10 Å². The van der Waals surface area contributed by atoms with Gasteiger partial charge in [-0.15, -0.1) is 0 Å². The number of carbonyl (C=O) groups is 5. The summed E-state index contributed by atoms with van der Waals surface area (Å²) in [5.41, 5.74) is 3.49. The molecule has 1 aromatic heterocycles. The standard InChI is InChI=1S/C49H57FN10O9/c50-34-6-1-5-33(31-34)38-10-4-18-58(38)43-14-13-41-52-32-40(60(41)55-43)36-8-3-11-42(53-36)56-19-21-57(22-20-56)45(62)16-23-66-25-27-68-29-30-69-28-26-67-24-17-51-37-9-2-7-35-46(37)49(65)59(48(35)64)39-12-15-44(61)54-47(39)63/h1-3,5-9,11,13-14,31-32,38-39,41,51-52H,4,10,12,15-30H2,(H,54,61,63)/t38-,39?,41?/m1/s1. The molecule has 364 valence electrons. The quantitative estimate of drug-likeness (QED) is 0.110. The maximum Gasteiger partial charge on any atom is 0.264 e. The van der Waals surface area contributed by atoms with E-state index < -0.39 is 29.7 Å². The second kappa shape index (κ2) is 22.1. The Bertz CT molecular complexity index is 2500. The van der Waals surface area contributed by atoms with Crippen LogP contribution in [-0.4, -0.2) is 164 Å². The summed E-state index contributed by atoms with van der Waals surface area (Å²) in [6, 6.07) is 16.8. The van der Waals surface area contributed by atoms with Crippen molar-refractivity contribution >= 4 is 52.6 Å². The van der Waals surface area contributed by atoms with E-state index in [0.29, 0.717) is 91.3 Å². The molecule has 20 heteroatoms. The molecule has 6 aliphatic heterocycles. The van der Waals surface area contributed by atoms with Crippen LogP contribution in [0.15, 0.2) is 84.1 Å². The van der Waals surface area contributed by atoms with E-state index >= 15 is 0 Å². The fourth-order valence-electron chi connectivity index (χ4n) is 9.40. The zero-order chi connectivity index (χ0) is 47.7. The monoisotopic (exact) mass is 948 g/mol. The van der Waals surface area contributed by atoms with E-state index in [9.17, 15) is 28.4 Å². The predicted octanol–water partition coefficient (Wildman–Crippen LogP) is 3.09. The largest absolute Gasteiger partial charge is 0.382 e. The number of nitrogens with one attached hydrogen (secondary N) is 3. The first-order valence-electron chi connectivity index (χ1n) is 23.7. The second-order valence-electron chi connectivity index (χ2n) is 17.3. The number of nitrogens with zero attached hydrogens (tertiary/aromatic N) is 7. The summed E-state index contributed by atoms with van der Waals surface area (Å²) in [6.07, 6.45) is 8.33. The number of piperidine rings is 1. The van der Waals surface area contributed by atoms with Crippen LogP contribution in [0.25, 0.3) is 5.70 Å². The summed E-state index contributed by atoms with van der Waals surface area (Å²) in [5.74, 6) is -0.697. The highest BCUT2D eigenvalue weighted by Crippen LogP contribution is 2.36. The molecule has 0 aliphatic carbocycles. The molecule has 0 saturated carbocycles. The number of piperazine rings is 1. The van der Waals surface area contributed by atoms with E-state index in [1.54, 1.807) is 30.3 Å². The molecule has 0 spiro atoms. The fraction of sp³-hybridized carbons (Fsp3) is 0.449. The Morgan fingerprint density at radius 3 is 2.30 bits per heavy atom. The number of halogens is 1. The average Bonchev–Trinajstić information content (AvgIpc) is 4.09. The molecule has 0 radical (unpaired) electrons. The van der Waals surface area contributed by atoms with Gasteiger partial charge in [-0.1, -0.05) is 24.3 Å². The Morgan fingerprint density at radius 1 is 0.797 bits per heavy atom. The van der Waals surface area contributed by atoms with Crippen molar-refractivity contribution in [3.8, 4) is 0 Å². The number of carbonyl (C=O) groups excluding carboxylic acids is 5. The Balaban J connectivity index is 0.609. The topological polar surface area (TPSA) is 200 Å². The molecular formula is C49H57FN10O9. The number of aromatic nitrogens is 1. The van der Waals surface area contributed by atoms with Crippen LogP contribution in [0.5, 0.6) is 0 Å². The first-order chi connectivity index (χ1) is 33.7. The van der Waals surface area contributed by atoms with E-state index in [-0.39, 0.29) is 54.3 Å². The summed E-state index contributed by atoms with van der Waals surface area (Å²) < 4.78 is 36.6. The van der Waals surface area contributed by atoms with Crippen LogP contribution in [0.4, 0.5) is 15.9 Å². The zero-order valence-electron chi connectivity index (χ0n) is 38.4. The first kappa shape index (κ1) is 47.3. The highest BCUT2D eigenvalue weighted by molar-refractivity contribution is 6.25. The summed E-state index contributed by atoms with van der Waals surface area (Å²) in [6.45, 7) is 6.53. The van der Waals surface area contributed by atoms with Gasteiger partial charge in [0.2, 0.25) is 17.7 Å². The molecule has 69 heavy (non-hydrogen) atoms. The fourth-order valence-corrected chi connectivity index (χ4v) is 9.40. The van der Waals surface area contributed by atoms with Gasteiger partial charge in [-0.05, 0) is 73.4 Å². The molecule has 6 aliphatic rings. The van der Waals surface area contributed by atoms with Crippen molar-refractivity contribution in [1.29, 1.82) is 0 Å². The molecule has 7 heterocycles. The number of hydrogen-bond acceptors (Lipinski definition) is 16. The average molecular weight is 949 g/mol. The number of likely N-dealkylation sites (tertiary alicyclic amines) is 1. The van der Waals surface area contributed by atoms with Crippen molar-refractivity contribution in [2.75, 3.05) is 102 Å². The van der Waals surface area contributed by atoms with Gasteiger partial charge in [-0.3, -0.25) is 34.2 Å². The summed E-state index contributed by atoms with van der Waals surface area (Å²) in [7, 11) is 0. The van der Waals surface area contributed by atoms with Gasteiger partial charge in [-0.25, -0.2) is 14.4 Å². The molecule has 2 aromatic carbocycles. The maximum atomic E-state index is 14.1. The second-order valence-corrected chi connectivity index (χ2v) is 17.3. The molecule has 3 fully saturated rings. The van der Waals surface area contributed by atoms with Crippen LogP contribution in [0.2, 0.25) is 0 Å². The first-order valence-corrected chi connectivity index (χ1v) is 23.7. The summed E-state index contributed by atoms with van der Waals surface area (Å²) in [5, 5.41) is 15.8. The van der Waals surface area contributed by atoms with Gasteiger partial charge >= 0.3 is 0 Å². The SMILES string of the molecule is O=C1CCC(N2C(=O)c3cccc(NCCOCCOCCOCCOCCC(=O)N4CCN(c5cccc(C6=CNC7C=CC(N8CCC[C@@H]8c8cccc(F)c8)=NN67)n5)CC4)c3C2=O)C(=O)N1. The third-order valence-corrected chi connectivity index (χ3v) is 12.9. The molecule has 3 saturated heterocycles. The van der Waals surface area contributed by atoms with E-state index in [4.69, 9.17) is 29.0 Å². The number of fused-ring (bicyclic) bond motifs is 2. The van der Waals surface area contributed by atoms with Crippen LogP contribution in [-0.2, 0) is 33.3 Å². The third-order valence-electron chi connectivity index (χ3n) is 12.9. The summed E-state index contributed by atoms with van der Waals surface area (Å²) in [4.78, 5) is 75.5. The molecule has 5 amide bonds. The van der Waals surface area contributed by atoms with Gasteiger partial charge in [0.15, 0.2) is 0 Å². The van der Waals surface area contributed by atoms with E-state index in [1.807, 2.05) is 46.5 Å². The molecule has 9 rings (SSSR count). The van der Waals surface area contributed by atoms with Gasteiger partial charge in [0.05, 0.1) is 82.1 Å². The van der Waals surface area contributed by atoms with Gasteiger partial charge in [-0.2, -0.15) is 5.10 Å². The minimum atomic E-state index is -1.02. The minimum Gasteiger partial charge on any atom is -0.382 e. The van der Waals surface area contributed by atoms with Gasteiger partial charge in [0.25, 0.3) is 11.8 Å².